The minimum atomic E-state index is -0.493. The van der Waals surface area contributed by atoms with Gasteiger partial charge in [-0.3, -0.25) is 4.79 Å². The van der Waals surface area contributed by atoms with Gasteiger partial charge in [0.15, 0.2) is 5.13 Å². The summed E-state index contributed by atoms with van der Waals surface area (Å²) in [5.74, 6) is -0.630. The summed E-state index contributed by atoms with van der Waals surface area (Å²) >= 11 is 1.70. The number of aryl methyl sites for hydroxylation is 2. The topological polar surface area (TPSA) is 62.7 Å². The van der Waals surface area contributed by atoms with E-state index in [2.05, 4.69) is 30.9 Å². The van der Waals surface area contributed by atoms with Gasteiger partial charge in [0.25, 0.3) is 5.91 Å². The van der Waals surface area contributed by atoms with E-state index >= 15 is 0 Å². The van der Waals surface area contributed by atoms with Crippen molar-refractivity contribution in [2.24, 2.45) is 0 Å². The molecule has 3 aromatic rings. The predicted molar refractivity (Wildman–Crippen MR) is 115 cm³/mol. The van der Waals surface area contributed by atoms with Gasteiger partial charge in [-0.15, -0.1) is 0 Å². The number of fused-ring (bicyclic) bond motifs is 1. The lowest BCUT2D eigenvalue weighted by Gasteiger charge is -2.34. The van der Waals surface area contributed by atoms with E-state index in [-0.39, 0.29) is 5.91 Å². The van der Waals surface area contributed by atoms with Crippen LogP contribution < -0.4 is 4.90 Å². The maximum absolute atomic E-state index is 13.0. The summed E-state index contributed by atoms with van der Waals surface area (Å²) in [7, 11) is 1.32. The Morgan fingerprint density at radius 3 is 2.41 bits per heavy atom. The Morgan fingerprint density at radius 2 is 1.72 bits per heavy atom. The van der Waals surface area contributed by atoms with Crippen LogP contribution in [0.3, 0.4) is 0 Å². The molecule has 1 saturated heterocycles. The Labute approximate surface area is 173 Å². The lowest BCUT2D eigenvalue weighted by atomic mass is 10.1. The molecule has 0 aliphatic carbocycles. The summed E-state index contributed by atoms with van der Waals surface area (Å²) in [6, 6.07) is 11.1. The fourth-order valence-corrected chi connectivity index (χ4v) is 4.80. The molecule has 7 heteroatoms. The van der Waals surface area contributed by atoms with Crippen molar-refractivity contribution in [1.29, 1.82) is 0 Å². The number of ether oxygens (including phenoxy) is 1. The summed E-state index contributed by atoms with van der Waals surface area (Å²) in [5.41, 5.74) is 4.19. The molecule has 150 valence electrons. The summed E-state index contributed by atoms with van der Waals surface area (Å²) in [4.78, 5) is 33.8. The van der Waals surface area contributed by atoms with E-state index in [0.717, 1.165) is 10.6 Å². The minimum Gasteiger partial charge on any atom is -0.465 e. The number of carbonyl (C=O) groups is 2. The van der Waals surface area contributed by atoms with Crippen LogP contribution in [0.5, 0.6) is 0 Å². The standard InChI is InChI=1S/C22H23N3O3S/c1-14-12-15(2)19-18(13-14)23-22(29-19)25-10-8-24(9-11-25)20(26)16-6-4-5-7-17(16)21(27)28-3/h4-7,12-13H,8-11H2,1-3H3. The van der Waals surface area contributed by atoms with Gasteiger partial charge in [-0.25, -0.2) is 9.78 Å². The number of methoxy groups -OCH3 is 1. The number of esters is 1. The predicted octanol–water partition coefficient (Wildman–Crippen LogP) is 3.66. The van der Waals surface area contributed by atoms with Crippen LogP contribution in [0.1, 0.15) is 31.8 Å². The van der Waals surface area contributed by atoms with Crippen molar-refractivity contribution in [2.75, 3.05) is 38.2 Å². The first-order valence-corrected chi connectivity index (χ1v) is 10.4. The van der Waals surface area contributed by atoms with E-state index in [9.17, 15) is 9.59 Å². The molecule has 0 bridgehead atoms. The van der Waals surface area contributed by atoms with E-state index in [0.29, 0.717) is 37.3 Å². The molecule has 1 aliphatic heterocycles. The number of amides is 1. The van der Waals surface area contributed by atoms with Crippen LogP contribution in [0.15, 0.2) is 36.4 Å². The van der Waals surface area contributed by atoms with Gasteiger partial charge in [0.1, 0.15) is 0 Å². The van der Waals surface area contributed by atoms with Gasteiger partial charge in [0.05, 0.1) is 28.5 Å². The molecule has 0 unspecified atom stereocenters. The lowest BCUT2D eigenvalue weighted by molar-refractivity contribution is 0.0589. The number of anilines is 1. The van der Waals surface area contributed by atoms with E-state index < -0.39 is 5.97 Å². The third kappa shape index (κ3) is 3.70. The normalized spacial score (nSPS) is 14.3. The maximum Gasteiger partial charge on any atom is 0.338 e. The number of carbonyl (C=O) groups excluding carboxylic acids is 2. The summed E-state index contributed by atoms with van der Waals surface area (Å²) in [6.45, 7) is 6.80. The van der Waals surface area contributed by atoms with Gasteiger partial charge < -0.3 is 14.5 Å². The van der Waals surface area contributed by atoms with Crippen molar-refractivity contribution in [3.63, 3.8) is 0 Å². The number of thiazole rings is 1. The number of benzene rings is 2. The SMILES string of the molecule is COC(=O)c1ccccc1C(=O)N1CCN(c2nc3cc(C)cc(C)c3s2)CC1. The fraction of sp³-hybridized carbons (Fsp3) is 0.318. The van der Waals surface area contributed by atoms with Crippen molar-refractivity contribution in [2.45, 2.75) is 13.8 Å². The van der Waals surface area contributed by atoms with Gasteiger partial charge in [-0.2, -0.15) is 0 Å². The summed E-state index contributed by atoms with van der Waals surface area (Å²) in [5, 5.41) is 0.996. The van der Waals surface area contributed by atoms with Crippen LogP contribution in [0.4, 0.5) is 5.13 Å². The quantitative estimate of drug-likeness (QED) is 0.618. The average molecular weight is 410 g/mol. The molecule has 0 N–H and O–H groups in total. The van der Waals surface area contributed by atoms with Crippen LogP contribution in [0, 0.1) is 13.8 Å². The Balaban J connectivity index is 1.50. The third-order valence-corrected chi connectivity index (χ3v) is 6.48. The molecule has 4 rings (SSSR count). The molecule has 0 saturated carbocycles. The molecule has 6 nitrogen and oxygen atoms in total. The van der Waals surface area contributed by atoms with Crippen molar-refractivity contribution < 1.29 is 14.3 Å². The second kappa shape index (κ2) is 7.83. The zero-order chi connectivity index (χ0) is 20.5. The van der Waals surface area contributed by atoms with Crippen molar-refractivity contribution in [3.8, 4) is 0 Å². The highest BCUT2D eigenvalue weighted by Gasteiger charge is 2.26. The van der Waals surface area contributed by atoms with E-state index in [4.69, 9.17) is 9.72 Å². The highest BCUT2D eigenvalue weighted by atomic mass is 32.1. The number of piperazine rings is 1. The Hall–Kier alpha value is -2.93. The number of hydrogen-bond acceptors (Lipinski definition) is 6. The maximum atomic E-state index is 13.0. The summed E-state index contributed by atoms with van der Waals surface area (Å²) in [6.07, 6.45) is 0. The first-order valence-electron chi connectivity index (χ1n) is 9.57. The van der Waals surface area contributed by atoms with Crippen LogP contribution >= 0.6 is 11.3 Å². The number of rotatable bonds is 3. The van der Waals surface area contributed by atoms with Crippen LogP contribution in [0.2, 0.25) is 0 Å². The van der Waals surface area contributed by atoms with Gasteiger partial charge >= 0.3 is 5.97 Å². The van der Waals surface area contributed by atoms with Crippen molar-refractivity contribution in [3.05, 3.63) is 58.7 Å². The molecule has 1 aliphatic rings. The highest BCUT2D eigenvalue weighted by molar-refractivity contribution is 7.22. The van der Waals surface area contributed by atoms with Gasteiger partial charge in [0, 0.05) is 26.2 Å². The van der Waals surface area contributed by atoms with Gasteiger partial charge in [-0.1, -0.05) is 29.5 Å². The van der Waals surface area contributed by atoms with Crippen molar-refractivity contribution >= 4 is 38.6 Å². The molecule has 29 heavy (non-hydrogen) atoms. The van der Waals surface area contributed by atoms with Crippen LogP contribution in [-0.4, -0.2) is 55.0 Å². The van der Waals surface area contributed by atoms with Crippen LogP contribution in [-0.2, 0) is 4.74 Å². The Morgan fingerprint density at radius 1 is 1.03 bits per heavy atom. The zero-order valence-electron chi connectivity index (χ0n) is 16.8. The second-order valence-corrected chi connectivity index (χ2v) is 8.22. The average Bonchev–Trinajstić information content (AvgIpc) is 3.17. The summed E-state index contributed by atoms with van der Waals surface area (Å²) < 4.78 is 6.03. The molecule has 1 aromatic heterocycles. The van der Waals surface area contributed by atoms with E-state index in [1.54, 1.807) is 40.5 Å². The molecule has 1 amide bonds. The third-order valence-electron chi connectivity index (χ3n) is 5.21. The van der Waals surface area contributed by atoms with Crippen molar-refractivity contribution in [1.82, 2.24) is 9.88 Å². The highest BCUT2D eigenvalue weighted by Crippen LogP contribution is 2.32. The number of hydrogen-bond donors (Lipinski definition) is 0. The molecule has 2 heterocycles. The zero-order valence-corrected chi connectivity index (χ0v) is 17.6. The van der Waals surface area contributed by atoms with E-state index in [1.165, 1.54) is 22.9 Å². The second-order valence-electron chi connectivity index (χ2n) is 7.24. The largest absolute Gasteiger partial charge is 0.465 e. The van der Waals surface area contributed by atoms with Gasteiger partial charge in [-0.05, 0) is 43.2 Å². The Bertz CT molecular complexity index is 1080. The lowest BCUT2D eigenvalue weighted by Crippen LogP contribution is -2.49. The molecule has 0 atom stereocenters. The van der Waals surface area contributed by atoms with Gasteiger partial charge in [0.2, 0.25) is 0 Å². The molecule has 0 spiro atoms. The first-order chi connectivity index (χ1) is 14.0. The molecule has 1 fully saturated rings. The molecule has 2 aromatic carbocycles. The molecular formula is C22H23N3O3S. The fourth-order valence-electron chi connectivity index (χ4n) is 3.73. The first kappa shape index (κ1) is 19.4. The monoisotopic (exact) mass is 409 g/mol. The number of nitrogens with zero attached hydrogens (tertiary/aromatic N) is 3. The Kier molecular flexibility index (Phi) is 5.24. The molecule has 0 radical (unpaired) electrons. The van der Waals surface area contributed by atoms with E-state index in [1.807, 2.05) is 0 Å². The number of aromatic nitrogens is 1. The van der Waals surface area contributed by atoms with Crippen LogP contribution in [0.25, 0.3) is 10.2 Å². The smallest absolute Gasteiger partial charge is 0.338 e. The molecular weight excluding hydrogens is 386 g/mol. The minimum absolute atomic E-state index is 0.138.